The van der Waals surface area contributed by atoms with Gasteiger partial charge in [-0.3, -0.25) is 0 Å². The van der Waals surface area contributed by atoms with E-state index in [0.717, 1.165) is 0 Å². The molecule has 0 bridgehead atoms. The predicted molar refractivity (Wildman–Crippen MR) is 120 cm³/mol. The van der Waals surface area contributed by atoms with Crippen molar-refractivity contribution in [2.24, 2.45) is 0 Å². The minimum Gasteiger partial charge on any atom is -0.420 e. The Balaban J connectivity index is 0. The molecule has 0 aliphatic rings. The molecule has 0 atom stereocenters. The molecule has 3 heteroatoms. The first-order valence-electron chi connectivity index (χ1n) is 10.7. The second-order valence-electron chi connectivity index (χ2n) is 8.02. The topological polar surface area (TPSA) is 9.23 Å². The molecule has 0 aromatic heterocycles. The number of hydrogen-bond acceptors (Lipinski definition) is 1. The van der Waals surface area contributed by atoms with E-state index < -0.39 is 8.32 Å². The van der Waals surface area contributed by atoms with Gasteiger partial charge in [-0.1, -0.05) is 110 Å². The molecule has 0 saturated carbocycles. The average molecular weight is 375 g/mol. The highest BCUT2D eigenvalue weighted by atomic mass is 28.4. The van der Waals surface area contributed by atoms with Crippen LogP contribution in [0.3, 0.4) is 0 Å². The molecule has 0 fully saturated rings. The molecule has 0 aromatic carbocycles. The molecule has 0 unspecified atom stereocenters. The standard InChI is InChI=1S/C21H46OSi.H4Si/c1-5-6-7-8-9-10-11-12-13-14-15-16-17-18-19-20-21-23(3,4)22-2;/h5-21H2,1-4H3;1H4. The summed E-state index contributed by atoms with van der Waals surface area (Å²) in [5, 5.41) is 0. The SMILES string of the molecule is CCCCCCCCCCCCCCCCCC[Si](C)(C)OC.[SiH4]. The summed E-state index contributed by atoms with van der Waals surface area (Å²) in [7, 11) is 0.603. The van der Waals surface area contributed by atoms with E-state index in [4.69, 9.17) is 4.43 Å². The average Bonchev–Trinajstić information content (AvgIpc) is 2.54. The van der Waals surface area contributed by atoms with Crippen LogP contribution in [0.15, 0.2) is 0 Å². The van der Waals surface area contributed by atoms with Crippen LogP contribution < -0.4 is 0 Å². The molecular formula is C21H50OSi2. The van der Waals surface area contributed by atoms with Gasteiger partial charge in [0.1, 0.15) is 0 Å². The van der Waals surface area contributed by atoms with Gasteiger partial charge in [0.25, 0.3) is 0 Å². The first kappa shape index (κ1) is 26.6. The fourth-order valence-corrected chi connectivity index (χ4v) is 4.51. The molecule has 0 aliphatic heterocycles. The quantitative estimate of drug-likeness (QED) is 0.193. The van der Waals surface area contributed by atoms with Crippen molar-refractivity contribution in [3.05, 3.63) is 0 Å². The molecule has 0 saturated heterocycles. The normalized spacial score (nSPS) is 11.5. The Labute approximate surface area is 159 Å². The van der Waals surface area contributed by atoms with E-state index in [2.05, 4.69) is 20.0 Å². The summed E-state index contributed by atoms with van der Waals surface area (Å²) in [5.41, 5.74) is 0. The summed E-state index contributed by atoms with van der Waals surface area (Å²) >= 11 is 0. The second kappa shape index (κ2) is 19.7. The lowest BCUT2D eigenvalue weighted by Gasteiger charge is -2.19. The number of unbranched alkanes of at least 4 members (excludes halogenated alkanes) is 15. The van der Waals surface area contributed by atoms with E-state index in [1.54, 1.807) is 0 Å². The highest BCUT2D eigenvalue weighted by Gasteiger charge is 2.18. The maximum absolute atomic E-state index is 5.60. The van der Waals surface area contributed by atoms with Gasteiger partial charge in [-0.2, -0.15) is 0 Å². The third kappa shape index (κ3) is 20.4. The van der Waals surface area contributed by atoms with Crippen molar-refractivity contribution in [1.29, 1.82) is 0 Å². The lowest BCUT2D eigenvalue weighted by molar-refractivity contribution is 0.400. The van der Waals surface area contributed by atoms with Gasteiger partial charge in [-0.25, -0.2) is 0 Å². The van der Waals surface area contributed by atoms with Crippen LogP contribution in [0.2, 0.25) is 19.1 Å². The predicted octanol–water partition coefficient (Wildman–Crippen LogP) is 6.65. The Morgan fingerprint density at radius 1 is 0.542 bits per heavy atom. The van der Waals surface area contributed by atoms with Crippen LogP contribution in [-0.4, -0.2) is 26.4 Å². The number of rotatable bonds is 18. The maximum Gasteiger partial charge on any atom is 0.186 e. The minimum absolute atomic E-state index is 0. The highest BCUT2D eigenvalue weighted by molar-refractivity contribution is 6.71. The molecule has 0 heterocycles. The van der Waals surface area contributed by atoms with Crippen molar-refractivity contribution in [3.63, 3.8) is 0 Å². The van der Waals surface area contributed by atoms with Crippen molar-refractivity contribution >= 4 is 19.3 Å². The van der Waals surface area contributed by atoms with Crippen LogP contribution in [0.5, 0.6) is 0 Å². The molecule has 1 nitrogen and oxygen atoms in total. The summed E-state index contributed by atoms with van der Waals surface area (Å²) < 4.78 is 5.60. The van der Waals surface area contributed by atoms with Crippen LogP contribution in [0.25, 0.3) is 0 Å². The first-order chi connectivity index (χ1) is 11.1. The molecule has 0 N–H and O–H groups in total. The van der Waals surface area contributed by atoms with Gasteiger partial charge in [0.2, 0.25) is 0 Å². The molecule has 0 aromatic rings. The smallest absolute Gasteiger partial charge is 0.186 e. The van der Waals surface area contributed by atoms with Crippen molar-refractivity contribution < 1.29 is 4.43 Å². The van der Waals surface area contributed by atoms with E-state index in [1.807, 2.05) is 7.11 Å². The van der Waals surface area contributed by atoms with Crippen LogP contribution in [-0.2, 0) is 4.43 Å². The maximum atomic E-state index is 5.60. The molecule has 0 spiro atoms. The zero-order valence-corrected chi connectivity index (χ0v) is 17.9. The molecule has 0 rings (SSSR count). The van der Waals surface area contributed by atoms with Gasteiger partial charge in [0.15, 0.2) is 8.32 Å². The summed E-state index contributed by atoms with van der Waals surface area (Å²) in [5.74, 6) is 0. The van der Waals surface area contributed by atoms with Crippen molar-refractivity contribution in [3.8, 4) is 0 Å². The van der Waals surface area contributed by atoms with Crippen molar-refractivity contribution in [2.45, 2.75) is 129 Å². The lowest BCUT2D eigenvalue weighted by atomic mass is 10.0. The summed E-state index contributed by atoms with van der Waals surface area (Å²) in [6.45, 7) is 6.96. The van der Waals surface area contributed by atoms with Gasteiger partial charge in [0, 0.05) is 7.11 Å². The Kier molecular flexibility index (Phi) is 21.9. The van der Waals surface area contributed by atoms with Gasteiger partial charge >= 0.3 is 0 Å². The van der Waals surface area contributed by atoms with Crippen molar-refractivity contribution in [1.82, 2.24) is 0 Å². The van der Waals surface area contributed by atoms with Crippen LogP contribution in [0, 0.1) is 0 Å². The Morgan fingerprint density at radius 3 is 1.12 bits per heavy atom. The summed E-state index contributed by atoms with van der Waals surface area (Å²) in [4.78, 5) is 0. The van der Waals surface area contributed by atoms with Gasteiger partial charge in [-0.05, 0) is 30.1 Å². The van der Waals surface area contributed by atoms with Crippen molar-refractivity contribution in [2.75, 3.05) is 7.11 Å². The molecule has 0 aliphatic carbocycles. The zero-order valence-electron chi connectivity index (χ0n) is 16.9. The fraction of sp³-hybridized carbons (Fsp3) is 1.00. The third-order valence-electron chi connectivity index (χ3n) is 5.18. The summed E-state index contributed by atoms with van der Waals surface area (Å²) in [6, 6.07) is 1.34. The van der Waals surface area contributed by atoms with Crippen LogP contribution >= 0.6 is 0 Å². The lowest BCUT2D eigenvalue weighted by Crippen LogP contribution is -2.27. The van der Waals surface area contributed by atoms with E-state index in [1.165, 1.54) is 109 Å². The minimum atomic E-state index is -1.28. The van der Waals surface area contributed by atoms with Crippen LogP contribution in [0.4, 0.5) is 0 Å². The Morgan fingerprint density at radius 2 is 0.833 bits per heavy atom. The van der Waals surface area contributed by atoms with E-state index in [-0.39, 0.29) is 11.0 Å². The van der Waals surface area contributed by atoms with Gasteiger partial charge in [-0.15, -0.1) is 0 Å². The second-order valence-corrected chi connectivity index (χ2v) is 12.4. The Bertz CT molecular complexity index is 232. The monoisotopic (exact) mass is 374 g/mol. The molecule has 0 radical (unpaired) electrons. The third-order valence-corrected chi connectivity index (χ3v) is 7.85. The molecular weight excluding hydrogens is 324 g/mol. The molecule has 24 heavy (non-hydrogen) atoms. The van der Waals surface area contributed by atoms with Gasteiger partial charge < -0.3 is 4.43 Å². The largest absolute Gasteiger partial charge is 0.420 e. The fourth-order valence-electron chi connectivity index (χ4n) is 3.20. The molecule has 0 amide bonds. The number of hydrogen-bond donors (Lipinski definition) is 0. The van der Waals surface area contributed by atoms with E-state index in [0.29, 0.717) is 0 Å². The van der Waals surface area contributed by atoms with Gasteiger partial charge in [0.05, 0.1) is 0 Å². The van der Waals surface area contributed by atoms with E-state index >= 15 is 0 Å². The van der Waals surface area contributed by atoms with E-state index in [9.17, 15) is 0 Å². The zero-order chi connectivity index (χ0) is 17.2. The molecule has 148 valence electrons. The highest BCUT2D eigenvalue weighted by Crippen LogP contribution is 2.17. The summed E-state index contributed by atoms with van der Waals surface area (Å²) in [6.07, 6.45) is 23.2. The van der Waals surface area contributed by atoms with Crippen LogP contribution in [0.1, 0.15) is 110 Å². The first-order valence-corrected chi connectivity index (χ1v) is 13.8. The Hall–Kier alpha value is 0.394.